The molecule has 1 rings (SSSR count). The Morgan fingerprint density at radius 3 is 2.56 bits per heavy atom. The number of hydrogen-bond donors (Lipinski definition) is 0. The van der Waals surface area contributed by atoms with E-state index >= 15 is 0 Å². The van der Waals surface area contributed by atoms with Crippen LogP contribution in [0.5, 0.6) is 0 Å². The molecular weight excluding hydrogens is 275 g/mol. The average molecular weight is 286 g/mol. The summed E-state index contributed by atoms with van der Waals surface area (Å²) in [5.41, 5.74) is 0.689. The van der Waals surface area contributed by atoms with Crippen LogP contribution in [0.25, 0.3) is 6.08 Å². The van der Waals surface area contributed by atoms with Crippen LogP contribution in [0.15, 0.2) is 24.3 Å². The lowest BCUT2D eigenvalue weighted by atomic mass is 10.1. The van der Waals surface area contributed by atoms with Crippen molar-refractivity contribution in [3.05, 3.63) is 39.9 Å². The molecule has 0 radical (unpaired) electrons. The van der Waals surface area contributed by atoms with Crippen LogP contribution in [0.1, 0.15) is 24.8 Å². The van der Waals surface area contributed by atoms with E-state index in [-0.39, 0.29) is 25.0 Å². The van der Waals surface area contributed by atoms with Crippen LogP contribution in [0, 0.1) is 0 Å². The number of ketones is 1. The topological polar surface area (TPSA) is 57.2 Å². The van der Waals surface area contributed by atoms with Gasteiger partial charge in [0.05, 0.1) is 0 Å². The van der Waals surface area contributed by atoms with Crippen molar-refractivity contribution in [2.24, 2.45) is 0 Å². The van der Waals surface area contributed by atoms with Gasteiger partial charge in [-0.05, 0) is 42.7 Å². The molecule has 0 aliphatic heterocycles. The Morgan fingerprint density at radius 2 is 1.94 bits per heavy atom. The lowest BCUT2D eigenvalue weighted by Crippen LogP contribution is -2.21. The van der Waals surface area contributed by atoms with Crippen molar-refractivity contribution in [1.82, 2.24) is 0 Å². The average Bonchev–Trinajstić information content (AvgIpc) is 2.27. The minimum absolute atomic E-state index is 0.110. The highest BCUT2D eigenvalue weighted by molar-refractivity contribution is 6.35. The van der Waals surface area contributed by atoms with Crippen LogP contribution in [0.4, 0.5) is 0 Å². The minimum atomic E-state index is -1.15. The van der Waals surface area contributed by atoms with Gasteiger partial charge in [-0.1, -0.05) is 29.3 Å². The van der Waals surface area contributed by atoms with Crippen molar-refractivity contribution < 1.29 is 14.7 Å². The van der Waals surface area contributed by atoms with Crippen molar-refractivity contribution in [3.63, 3.8) is 0 Å². The predicted octanol–water partition coefficient (Wildman–Crippen LogP) is 2.50. The summed E-state index contributed by atoms with van der Waals surface area (Å²) in [6.07, 6.45) is 3.31. The zero-order valence-corrected chi connectivity index (χ0v) is 11.0. The molecule has 0 unspecified atom stereocenters. The van der Waals surface area contributed by atoms with Gasteiger partial charge in [0.15, 0.2) is 5.78 Å². The van der Waals surface area contributed by atoms with E-state index in [0.29, 0.717) is 15.6 Å². The molecule has 5 heteroatoms. The summed E-state index contributed by atoms with van der Waals surface area (Å²) in [4.78, 5) is 21.6. The molecular formula is C13H11Cl2O3-. The van der Waals surface area contributed by atoms with E-state index in [1.807, 2.05) is 0 Å². The van der Waals surface area contributed by atoms with Crippen LogP contribution in [0.2, 0.25) is 10.0 Å². The lowest BCUT2D eigenvalue weighted by Gasteiger charge is -2.00. The Morgan fingerprint density at radius 1 is 1.22 bits per heavy atom. The molecule has 0 fully saturated rings. The molecule has 0 bridgehead atoms. The number of hydrogen-bond acceptors (Lipinski definition) is 3. The standard InChI is InChI=1S/C13H12Cl2O3/c14-10-6-4-9(12(15)8-10)5-7-11(16)2-1-3-13(17)18/h4-8H,1-3H2,(H,17,18)/p-1/b7-5+. The van der Waals surface area contributed by atoms with E-state index < -0.39 is 5.97 Å². The van der Waals surface area contributed by atoms with Gasteiger partial charge in [0.25, 0.3) is 0 Å². The Hall–Kier alpha value is -1.32. The predicted molar refractivity (Wildman–Crippen MR) is 69.4 cm³/mol. The van der Waals surface area contributed by atoms with E-state index in [1.54, 1.807) is 24.3 Å². The van der Waals surface area contributed by atoms with E-state index in [4.69, 9.17) is 23.2 Å². The first-order valence-corrected chi connectivity index (χ1v) is 6.10. The number of rotatable bonds is 6. The Bertz CT molecular complexity index is 481. The van der Waals surface area contributed by atoms with Gasteiger partial charge in [0.2, 0.25) is 0 Å². The zero-order valence-electron chi connectivity index (χ0n) is 9.49. The van der Waals surface area contributed by atoms with Gasteiger partial charge >= 0.3 is 0 Å². The molecule has 0 aliphatic rings. The molecule has 0 aromatic heterocycles. The number of allylic oxidation sites excluding steroid dienone is 1. The Balaban J connectivity index is 2.53. The molecule has 1 aromatic carbocycles. The van der Waals surface area contributed by atoms with Crippen molar-refractivity contribution in [2.45, 2.75) is 19.3 Å². The van der Waals surface area contributed by atoms with Crippen LogP contribution >= 0.6 is 23.2 Å². The van der Waals surface area contributed by atoms with E-state index in [2.05, 4.69) is 0 Å². The summed E-state index contributed by atoms with van der Waals surface area (Å²) < 4.78 is 0. The molecule has 3 nitrogen and oxygen atoms in total. The van der Waals surface area contributed by atoms with Crippen LogP contribution in [-0.4, -0.2) is 11.8 Å². The summed E-state index contributed by atoms with van der Waals surface area (Å²) in [6, 6.07) is 4.96. The zero-order chi connectivity index (χ0) is 13.5. The highest BCUT2D eigenvalue weighted by atomic mass is 35.5. The summed E-state index contributed by atoms with van der Waals surface area (Å²) >= 11 is 11.7. The van der Waals surface area contributed by atoms with Gasteiger partial charge in [-0.25, -0.2) is 0 Å². The molecule has 18 heavy (non-hydrogen) atoms. The molecule has 0 amide bonds. The van der Waals surface area contributed by atoms with Crippen LogP contribution in [-0.2, 0) is 9.59 Å². The van der Waals surface area contributed by atoms with Gasteiger partial charge in [-0.2, -0.15) is 0 Å². The number of carbonyl (C=O) groups excluding carboxylic acids is 2. The molecule has 0 atom stereocenters. The number of carboxylic acid groups (broad SMARTS) is 1. The second-order valence-corrected chi connectivity index (χ2v) is 4.53. The SMILES string of the molecule is O=C([O-])CCCC(=O)/C=C/c1ccc(Cl)cc1Cl. The third-order valence-electron chi connectivity index (χ3n) is 2.22. The maximum Gasteiger partial charge on any atom is 0.155 e. The number of aliphatic carboxylic acids is 1. The molecule has 96 valence electrons. The Labute approximate surface area is 115 Å². The van der Waals surface area contributed by atoms with Gasteiger partial charge in [0.1, 0.15) is 0 Å². The fourth-order valence-electron chi connectivity index (χ4n) is 1.31. The molecule has 0 saturated heterocycles. The first-order chi connectivity index (χ1) is 8.49. The monoisotopic (exact) mass is 285 g/mol. The highest BCUT2D eigenvalue weighted by Crippen LogP contribution is 2.22. The number of halogens is 2. The van der Waals surface area contributed by atoms with E-state index in [9.17, 15) is 14.7 Å². The van der Waals surface area contributed by atoms with Crippen molar-refractivity contribution in [1.29, 1.82) is 0 Å². The van der Waals surface area contributed by atoms with Crippen molar-refractivity contribution >= 4 is 41.0 Å². The maximum absolute atomic E-state index is 11.4. The summed E-state index contributed by atoms with van der Waals surface area (Å²) in [6.45, 7) is 0. The second-order valence-electron chi connectivity index (χ2n) is 3.69. The van der Waals surface area contributed by atoms with Gasteiger partial charge < -0.3 is 9.90 Å². The van der Waals surface area contributed by atoms with Crippen LogP contribution in [0.3, 0.4) is 0 Å². The first kappa shape index (κ1) is 14.7. The summed E-state index contributed by atoms with van der Waals surface area (Å²) in [5.74, 6) is -1.30. The van der Waals surface area contributed by atoms with Gasteiger partial charge in [-0.15, -0.1) is 0 Å². The third kappa shape index (κ3) is 5.34. The Kier molecular flexibility index (Phi) is 5.89. The fraction of sp³-hybridized carbons (Fsp3) is 0.231. The van der Waals surface area contributed by atoms with Crippen molar-refractivity contribution in [3.8, 4) is 0 Å². The van der Waals surface area contributed by atoms with Gasteiger partial charge in [-0.3, -0.25) is 4.79 Å². The molecule has 0 saturated carbocycles. The number of carbonyl (C=O) groups is 2. The normalized spacial score (nSPS) is 10.8. The smallest absolute Gasteiger partial charge is 0.155 e. The molecule has 1 aromatic rings. The summed E-state index contributed by atoms with van der Waals surface area (Å²) in [5, 5.41) is 11.2. The quantitative estimate of drug-likeness (QED) is 0.755. The third-order valence-corrected chi connectivity index (χ3v) is 2.78. The molecule has 0 aliphatic carbocycles. The van der Waals surface area contributed by atoms with E-state index in [1.165, 1.54) is 6.08 Å². The fourth-order valence-corrected chi connectivity index (χ4v) is 1.78. The molecule has 0 heterocycles. The summed E-state index contributed by atoms with van der Waals surface area (Å²) in [7, 11) is 0. The van der Waals surface area contributed by atoms with Crippen molar-refractivity contribution in [2.75, 3.05) is 0 Å². The van der Waals surface area contributed by atoms with E-state index in [0.717, 1.165) is 0 Å². The number of benzene rings is 1. The van der Waals surface area contributed by atoms with Gasteiger partial charge in [0, 0.05) is 22.4 Å². The lowest BCUT2D eigenvalue weighted by molar-refractivity contribution is -0.305. The minimum Gasteiger partial charge on any atom is -0.550 e. The molecule has 0 N–H and O–H groups in total. The molecule has 0 spiro atoms. The van der Waals surface area contributed by atoms with Crippen LogP contribution < -0.4 is 5.11 Å². The maximum atomic E-state index is 11.4. The first-order valence-electron chi connectivity index (χ1n) is 5.35. The largest absolute Gasteiger partial charge is 0.550 e. The highest BCUT2D eigenvalue weighted by Gasteiger charge is 2.00. The second kappa shape index (κ2) is 7.19. The number of carboxylic acids is 1.